The highest BCUT2D eigenvalue weighted by molar-refractivity contribution is 6.30. The van der Waals surface area contributed by atoms with Gasteiger partial charge in [-0.2, -0.15) is 0 Å². The Labute approximate surface area is 132 Å². The number of carbonyl (C=O) groups is 3. The molecule has 0 bridgehead atoms. The minimum atomic E-state index is -1.02. The highest BCUT2D eigenvalue weighted by Gasteiger charge is 2.34. The van der Waals surface area contributed by atoms with Gasteiger partial charge >= 0.3 is 5.97 Å². The maximum absolute atomic E-state index is 12.1. The number of rotatable bonds is 3. The average Bonchev–Trinajstić information content (AvgIpc) is 2.53. The summed E-state index contributed by atoms with van der Waals surface area (Å²) in [6.07, 6.45) is 4.15. The van der Waals surface area contributed by atoms with E-state index < -0.39 is 29.6 Å². The van der Waals surface area contributed by atoms with Crippen LogP contribution in [0.4, 0.5) is 0 Å². The molecule has 0 radical (unpaired) electrons. The number of hydrogen-bond acceptors (Lipinski definition) is 3. The lowest BCUT2D eigenvalue weighted by Gasteiger charge is -2.24. The number of carboxylic acid groups (broad SMARTS) is 1. The zero-order valence-electron chi connectivity index (χ0n) is 11.6. The SMILES string of the molecule is O=C(NNC(=O)[C@H]1CC=CC[C@H]1C(=O)O)c1ccc(Cl)cc1. The van der Waals surface area contributed by atoms with E-state index >= 15 is 0 Å². The van der Waals surface area contributed by atoms with Gasteiger partial charge in [0, 0.05) is 10.6 Å². The summed E-state index contributed by atoms with van der Waals surface area (Å²) < 4.78 is 0. The summed E-state index contributed by atoms with van der Waals surface area (Å²) in [5.41, 5.74) is 4.89. The summed E-state index contributed by atoms with van der Waals surface area (Å²) in [4.78, 5) is 35.1. The molecule has 2 amide bonds. The summed E-state index contributed by atoms with van der Waals surface area (Å²) in [6, 6.07) is 6.16. The summed E-state index contributed by atoms with van der Waals surface area (Å²) in [7, 11) is 0. The van der Waals surface area contributed by atoms with Gasteiger partial charge in [0.15, 0.2) is 0 Å². The number of aliphatic carboxylic acids is 1. The lowest BCUT2D eigenvalue weighted by molar-refractivity contribution is -0.147. The molecule has 22 heavy (non-hydrogen) atoms. The van der Waals surface area contributed by atoms with Crippen molar-refractivity contribution in [3.8, 4) is 0 Å². The molecule has 0 fully saturated rings. The van der Waals surface area contributed by atoms with Crippen LogP contribution in [0.2, 0.25) is 5.02 Å². The van der Waals surface area contributed by atoms with Gasteiger partial charge in [-0.3, -0.25) is 25.2 Å². The number of nitrogens with one attached hydrogen (secondary N) is 2. The smallest absolute Gasteiger partial charge is 0.307 e. The van der Waals surface area contributed by atoms with E-state index in [4.69, 9.17) is 16.7 Å². The quantitative estimate of drug-likeness (QED) is 0.584. The van der Waals surface area contributed by atoms with Crippen LogP contribution in [-0.4, -0.2) is 22.9 Å². The Morgan fingerprint density at radius 2 is 1.59 bits per heavy atom. The van der Waals surface area contributed by atoms with Crippen molar-refractivity contribution >= 4 is 29.4 Å². The van der Waals surface area contributed by atoms with E-state index in [-0.39, 0.29) is 0 Å². The molecule has 0 aromatic heterocycles. The monoisotopic (exact) mass is 322 g/mol. The van der Waals surface area contributed by atoms with Crippen molar-refractivity contribution in [1.82, 2.24) is 10.9 Å². The largest absolute Gasteiger partial charge is 0.481 e. The minimum Gasteiger partial charge on any atom is -0.481 e. The van der Waals surface area contributed by atoms with E-state index in [2.05, 4.69) is 10.9 Å². The van der Waals surface area contributed by atoms with Crippen LogP contribution in [0.1, 0.15) is 23.2 Å². The Bertz CT molecular complexity index is 612. The summed E-state index contributed by atoms with van der Waals surface area (Å²) in [5, 5.41) is 9.62. The summed E-state index contributed by atoms with van der Waals surface area (Å²) >= 11 is 5.73. The van der Waals surface area contributed by atoms with Crippen molar-refractivity contribution < 1.29 is 19.5 Å². The first-order chi connectivity index (χ1) is 10.5. The zero-order chi connectivity index (χ0) is 16.1. The molecule has 3 N–H and O–H groups in total. The van der Waals surface area contributed by atoms with Crippen LogP contribution >= 0.6 is 11.6 Å². The Kier molecular flexibility index (Phi) is 5.16. The van der Waals surface area contributed by atoms with E-state index in [1.807, 2.05) is 0 Å². The molecule has 0 saturated carbocycles. The third kappa shape index (κ3) is 3.85. The van der Waals surface area contributed by atoms with Crippen LogP contribution in [-0.2, 0) is 9.59 Å². The molecule has 2 atom stereocenters. The van der Waals surface area contributed by atoms with Crippen LogP contribution in [0.3, 0.4) is 0 Å². The maximum Gasteiger partial charge on any atom is 0.307 e. The van der Waals surface area contributed by atoms with Gasteiger partial charge in [-0.25, -0.2) is 0 Å². The Balaban J connectivity index is 1.94. The molecule has 0 unspecified atom stereocenters. The molecule has 0 spiro atoms. The van der Waals surface area contributed by atoms with E-state index in [9.17, 15) is 14.4 Å². The molecule has 0 aliphatic heterocycles. The fourth-order valence-electron chi connectivity index (χ4n) is 2.26. The Hall–Kier alpha value is -2.34. The second kappa shape index (κ2) is 7.09. The molecule has 6 nitrogen and oxygen atoms in total. The zero-order valence-corrected chi connectivity index (χ0v) is 12.3. The van der Waals surface area contributed by atoms with Crippen LogP contribution in [0.25, 0.3) is 0 Å². The van der Waals surface area contributed by atoms with Crippen molar-refractivity contribution in [2.75, 3.05) is 0 Å². The van der Waals surface area contributed by atoms with Gasteiger partial charge in [-0.1, -0.05) is 23.8 Å². The number of carboxylic acids is 1. The number of hydrogen-bond donors (Lipinski definition) is 3. The molecule has 7 heteroatoms. The van der Waals surface area contributed by atoms with E-state index in [1.165, 1.54) is 12.1 Å². The third-order valence-electron chi connectivity index (χ3n) is 3.49. The number of allylic oxidation sites excluding steroid dienone is 2. The number of halogens is 1. The first-order valence-corrected chi connectivity index (χ1v) is 7.10. The predicted molar refractivity (Wildman–Crippen MR) is 80.1 cm³/mol. The first-order valence-electron chi connectivity index (χ1n) is 6.72. The molecule has 1 aliphatic rings. The van der Waals surface area contributed by atoms with Crippen LogP contribution in [0.5, 0.6) is 0 Å². The van der Waals surface area contributed by atoms with Gasteiger partial charge < -0.3 is 5.11 Å². The molecular formula is C15H15ClN2O4. The van der Waals surface area contributed by atoms with Crippen molar-refractivity contribution in [2.24, 2.45) is 11.8 Å². The number of carbonyl (C=O) groups excluding carboxylic acids is 2. The van der Waals surface area contributed by atoms with Gasteiger partial charge in [-0.05, 0) is 37.1 Å². The Morgan fingerprint density at radius 1 is 1.00 bits per heavy atom. The Morgan fingerprint density at radius 3 is 2.18 bits per heavy atom. The van der Waals surface area contributed by atoms with E-state index in [0.717, 1.165) is 0 Å². The number of benzene rings is 1. The highest BCUT2D eigenvalue weighted by atomic mass is 35.5. The fraction of sp³-hybridized carbons (Fsp3) is 0.267. The minimum absolute atomic E-state index is 0.304. The van der Waals surface area contributed by atoms with Crippen molar-refractivity contribution in [3.63, 3.8) is 0 Å². The van der Waals surface area contributed by atoms with Crippen molar-refractivity contribution in [2.45, 2.75) is 12.8 Å². The van der Waals surface area contributed by atoms with E-state index in [1.54, 1.807) is 24.3 Å². The maximum atomic E-state index is 12.1. The lowest BCUT2D eigenvalue weighted by atomic mass is 9.82. The van der Waals surface area contributed by atoms with Gasteiger partial charge in [0.05, 0.1) is 11.8 Å². The van der Waals surface area contributed by atoms with Crippen molar-refractivity contribution in [3.05, 3.63) is 47.0 Å². The van der Waals surface area contributed by atoms with Crippen LogP contribution in [0, 0.1) is 11.8 Å². The van der Waals surface area contributed by atoms with Crippen molar-refractivity contribution in [1.29, 1.82) is 0 Å². The number of hydrazine groups is 1. The summed E-state index contributed by atoms with van der Waals surface area (Å²) in [6.45, 7) is 0. The van der Waals surface area contributed by atoms with Gasteiger partial charge in [0.25, 0.3) is 5.91 Å². The first kappa shape index (κ1) is 16.0. The second-order valence-corrected chi connectivity index (χ2v) is 5.38. The standard InChI is InChI=1S/C15H15ClN2O4/c16-10-7-5-9(6-8-10)13(19)17-18-14(20)11-3-1-2-4-12(11)15(21)22/h1-2,5-8,11-12H,3-4H2,(H,17,19)(H,18,20)(H,21,22)/t11-,12+/m0/s1. The normalized spacial score (nSPS) is 20.2. The molecule has 0 heterocycles. The van der Waals surface area contributed by atoms with Gasteiger partial charge in [-0.15, -0.1) is 0 Å². The molecular weight excluding hydrogens is 308 g/mol. The lowest BCUT2D eigenvalue weighted by Crippen LogP contribution is -2.47. The van der Waals surface area contributed by atoms with Gasteiger partial charge in [0.2, 0.25) is 5.91 Å². The van der Waals surface area contributed by atoms with Gasteiger partial charge in [0.1, 0.15) is 0 Å². The predicted octanol–water partition coefficient (Wildman–Crippen LogP) is 1.77. The molecule has 0 saturated heterocycles. The highest BCUT2D eigenvalue weighted by Crippen LogP contribution is 2.25. The topological polar surface area (TPSA) is 95.5 Å². The third-order valence-corrected chi connectivity index (χ3v) is 3.74. The fourth-order valence-corrected chi connectivity index (χ4v) is 2.39. The molecule has 2 rings (SSSR count). The van der Waals surface area contributed by atoms with Crippen LogP contribution in [0.15, 0.2) is 36.4 Å². The second-order valence-electron chi connectivity index (χ2n) is 4.94. The average molecular weight is 323 g/mol. The molecule has 1 aromatic rings. The molecule has 1 aliphatic carbocycles. The number of amides is 2. The van der Waals surface area contributed by atoms with Crippen LogP contribution < -0.4 is 10.9 Å². The van der Waals surface area contributed by atoms with E-state index in [0.29, 0.717) is 23.4 Å². The summed E-state index contributed by atoms with van der Waals surface area (Å²) in [5.74, 6) is -3.51. The molecule has 1 aromatic carbocycles. The molecule has 116 valence electrons.